The van der Waals surface area contributed by atoms with Gasteiger partial charge in [0, 0.05) is 41.4 Å². The molecule has 2 heterocycles. The van der Waals surface area contributed by atoms with E-state index in [1.54, 1.807) is 30.7 Å². The number of nitrogens with zero attached hydrogens (tertiary/aromatic N) is 2. The Morgan fingerprint density at radius 1 is 1.12 bits per heavy atom. The molecule has 1 aromatic carbocycles. The molecule has 126 valence electrons. The van der Waals surface area contributed by atoms with Crippen LogP contribution >= 0.6 is 11.6 Å². The summed E-state index contributed by atoms with van der Waals surface area (Å²) in [4.78, 5) is 20.6. The fourth-order valence-electron chi connectivity index (χ4n) is 2.31. The van der Waals surface area contributed by atoms with E-state index >= 15 is 0 Å². The molecule has 0 bridgehead atoms. The third-order valence-corrected chi connectivity index (χ3v) is 4.16. The number of carbonyl (C=O) groups excluding carboxylic acids is 1. The highest BCUT2D eigenvalue weighted by molar-refractivity contribution is 6.31. The van der Waals surface area contributed by atoms with Crippen LogP contribution in [0.2, 0.25) is 5.02 Å². The SMILES string of the molecule is Cc1c(Cl)cccc1Nc1cc(C(=O)NCc2ccncc2)ccn1. The van der Waals surface area contributed by atoms with Crippen molar-refractivity contribution < 1.29 is 4.79 Å². The van der Waals surface area contributed by atoms with Crippen LogP contribution in [0.5, 0.6) is 0 Å². The Hall–Kier alpha value is -2.92. The summed E-state index contributed by atoms with van der Waals surface area (Å²) in [5, 5.41) is 6.76. The molecular weight excluding hydrogens is 336 g/mol. The summed E-state index contributed by atoms with van der Waals surface area (Å²) in [5.74, 6) is 0.423. The van der Waals surface area contributed by atoms with Crippen molar-refractivity contribution in [1.82, 2.24) is 15.3 Å². The number of aromatic nitrogens is 2. The molecule has 6 heteroatoms. The molecule has 3 rings (SSSR count). The van der Waals surface area contributed by atoms with Crippen LogP contribution in [0.4, 0.5) is 11.5 Å². The predicted molar refractivity (Wildman–Crippen MR) is 99.1 cm³/mol. The highest BCUT2D eigenvalue weighted by Crippen LogP contribution is 2.25. The van der Waals surface area contributed by atoms with Crippen LogP contribution in [-0.4, -0.2) is 15.9 Å². The van der Waals surface area contributed by atoms with Gasteiger partial charge < -0.3 is 10.6 Å². The molecule has 0 aliphatic heterocycles. The lowest BCUT2D eigenvalue weighted by molar-refractivity contribution is 0.0951. The molecule has 1 amide bonds. The van der Waals surface area contributed by atoms with E-state index in [-0.39, 0.29) is 5.91 Å². The smallest absolute Gasteiger partial charge is 0.251 e. The molecule has 2 N–H and O–H groups in total. The number of halogens is 1. The normalized spacial score (nSPS) is 10.3. The van der Waals surface area contributed by atoms with Crippen molar-refractivity contribution >= 4 is 29.0 Å². The van der Waals surface area contributed by atoms with E-state index in [2.05, 4.69) is 20.6 Å². The van der Waals surface area contributed by atoms with Crippen LogP contribution in [0.3, 0.4) is 0 Å². The van der Waals surface area contributed by atoms with Crippen molar-refractivity contribution in [1.29, 1.82) is 0 Å². The third-order valence-electron chi connectivity index (χ3n) is 3.75. The van der Waals surface area contributed by atoms with Gasteiger partial charge in [-0.25, -0.2) is 4.98 Å². The number of rotatable bonds is 5. The number of hydrogen-bond acceptors (Lipinski definition) is 4. The number of hydrogen-bond donors (Lipinski definition) is 2. The average molecular weight is 353 g/mol. The van der Waals surface area contributed by atoms with Crippen LogP contribution in [0.15, 0.2) is 61.1 Å². The van der Waals surface area contributed by atoms with E-state index in [9.17, 15) is 4.79 Å². The predicted octanol–water partition coefficient (Wildman–Crippen LogP) is 4.11. The second-order valence-electron chi connectivity index (χ2n) is 5.51. The quantitative estimate of drug-likeness (QED) is 0.725. The van der Waals surface area contributed by atoms with Gasteiger partial charge in [0.2, 0.25) is 0 Å². The van der Waals surface area contributed by atoms with Crippen molar-refractivity contribution in [2.75, 3.05) is 5.32 Å². The fourth-order valence-corrected chi connectivity index (χ4v) is 2.48. The maximum atomic E-state index is 12.3. The zero-order valence-corrected chi connectivity index (χ0v) is 14.4. The molecule has 3 aromatic rings. The summed E-state index contributed by atoms with van der Waals surface area (Å²) >= 11 is 6.13. The number of pyridine rings is 2. The van der Waals surface area contributed by atoms with E-state index in [0.717, 1.165) is 16.8 Å². The van der Waals surface area contributed by atoms with Gasteiger partial charge in [-0.3, -0.25) is 9.78 Å². The van der Waals surface area contributed by atoms with E-state index in [1.165, 1.54) is 0 Å². The average Bonchev–Trinajstić information content (AvgIpc) is 2.64. The van der Waals surface area contributed by atoms with Gasteiger partial charge in [0.1, 0.15) is 5.82 Å². The number of anilines is 2. The molecule has 0 aliphatic rings. The van der Waals surface area contributed by atoms with Crippen LogP contribution in [0, 0.1) is 6.92 Å². The minimum atomic E-state index is -0.162. The van der Waals surface area contributed by atoms with Gasteiger partial charge in [0.25, 0.3) is 5.91 Å². The number of nitrogens with one attached hydrogen (secondary N) is 2. The first kappa shape index (κ1) is 16.9. The van der Waals surface area contributed by atoms with Crippen molar-refractivity contribution in [3.05, 3.63) is 82.8 Å². The molecule has 2 aromatic heterocycles. The highest BCUT2D eigenvalue weighted by atomic mass is 35.5. The third kappa shape index (κ3) is 4.33. The lowest BCUT2D eigenvalue weighted by atomic mass is 10.2. The molecule has 0 radical (unpaired) electrons. The summed E-state index contributed by atoms with van der Waals surface area (Å²) in [6.45, 7) is 2.37. The first-order valence-corrected chi connectivity index (χ1v) is 8.16. The Balaban J connectivity index is 1.70. The van der Waals surface area contributed by atoms with E-state index in [0.29, 0.717) is 22.9 Å². The topological polar surface area (TPSA) is 66.9 Å². The molecule has 0 atom stereocenters. The summed E-state index contributed by atoms with van der Waals surface area (Å²) in [7, 11) is 0. The minimum absolute atomic E-state index is 0.162. The summed E-state index contributed by atoms with van der Waals surface area (Å²) in [6.07, 6.45) is 5.00. The van der Waals surface area contributed by atoms with Gasteiger partial charge in [-0.2, -0.15) is 0 Å². The molecule has 25 heavy (non-hydrogen) atoms. The van der Waals surface area contributed by atoms with E-state index in [4.69, 9.17) is 11.6 Å². The van der Waals surface area contributed by atoms with Gasteiger partial charge in [0.15, 0.2) is 0 Å². The first-order valence-electron chi connectivity index (χ1n) is 7.79. The van der Waals surface area contributed by atoms with Crippen LogP contribution in [0.25, 0.3) is 0 Å². The Labute approximate surface area is 151 Å². The minimum Gasteiger partial charge on any atom is -0.348 e. The second-order valence-corrected chi connectivity index (χ2v) is 5.91. The highest BCUT2D eigenvalue weighted by Gasteiger charge is 2.08. The Kier molecular flexibility index (Phi) is 5.26. The first-order chi connectivity index (χ1) is 12.1. The molecule has 0 aliphatic carbocycles. The fraction of sp³-hybridized carbons (Fsp3) is 0.105. The Morgan fingerprint density at radius 3 is 2.72 bits per heavy atom. The van der Waals surface area contributed by atoms with Gasteiger partial charge in [0.05, 0.1) is 0 Å². The molecule has 0 spiro atoms. The van der Waals surface area contributed by atoms with Crippen molar-refractivity contribution in [2.24, 2.45) is 0 Å². The van der Waals surface area contributed by atoms with Crippen molar-refractivity contribution in [3.63, 3.8) is 0 Å². The second kappa shape index (κ2) is 7.77. The van der Waals surface area contributed by atoms with E-state index < -0.39 is 0 Å². The zero-order valence-electron chi connectivity index (χ0n) is 13.7. The summed E-state index contributed by atoms with van der Waals surface area (Å²) in [5.41, 5.74) is 3.31. The molecule has 0 saturated heterocycles. The van der Waals surface area contributed by atoms with Crippen molar-refractivity contribution in [2.45, 2.75) is 13.5 Å². The maximum Gasteiger partial charge on any atom is 0.251 e. The van der Waals surface area contributed by atoms with Gasteiger partial charge in [-0.15, -0.1) is 0 Å². The monoisotopic (exact) mass is 352 g/mol. The number of amides is 1. The zero-order chi connectivity index (χ0) is 17.6. The van der Waals surface area contributed by atoms with Crippen LogP contribution < -0.4 is 10.6 Å². The molecule has 0 saturated carbocycles. The molecule has 0 fully saturated rings. The van der Waals surface area contributed by atoms with Gasteiger partial charge in [-0.1, -0.05) is 17.7 Å². The lowest BCUT2D eigenvalue weighted by Gasteiger charge is -2.11. The van der Waals surface area contributed by atoms with Crippen LogP contribution in [0.1, 0.15) is 21.5 Å². The van der Waals surface area contributed by atoms with Gasteiger partial charge in [-0.05, 0) is 54.4 Å². The molecule has 5 nitrogen and oxygen atoms in total. The standard InChI is InChI=1S/C19H17ClN4O/c1-13-16(20)3-2-4-17(13)24-18-11-15(7-10-22-18)19(25)23-12-14-5-8-21-9-6-14/h2-11H,12H2,1H3,(H,22,24)(H,23,25). The largest absolute Gasteiger partial charge is 0.348 e. The molecular formula is C19H17ClN4O. The Morgan fingerprint density at radius 2 is 1.92 bits per heavy atom. The summed E-state index contributed by atoms with van der Waals surface area (Å²) in [6, 6.07) is 12.7. The van der Waals surface area contributed by atoms with Crippen molar-refractivity contribution in [3.8, 4) is 0 Å². The number of carbonyl (C=O) groups is 1. The van der Waals surface area contributed by atoms with Gasteiger partial charge >= 0.3 is 0 Å². The van der Waals surface area contributed by atoms with Crippen LogP contribution in [-0.2, 0) is 6.54 Å². The van der Waals surface area contributed by atoms with E-state index in [1.807, 2.05) is 37.3 Å². The number of benzene rings is 1. The summed E-state index contributed by atoms with van der Waals surface area (Å²) < 4.78 is 0. The lowest BCUT2D eigenvalue weighted by Crippen LogP contribution is -2.22. The maximum absolute atomic E-state index is 12.3. The Bertz CT molecular complexity index is 884. The molecule has 0 unspecified atom stereocenters.